The van der Waals surface area contributed by atoms with Crippen LogP contribution in [-0.4, -0.2) is 17.0 Å². The Hall–Kier alpha value is -1.33. The molecule has 19 heavy (non-hydrogen) atoms. The molecule has 0 spiro atoms. The summed E-state index contributed by atoms with van der Waals surface area (Å²) in [6.07, 6.45) is 0.786. The highest BCUT2D eigenvalue weighted by molar-refractivity contribution is 9.10. The van der Waals surface area contributed by atoms with Gasteiger partial charge in [0, 0.05) is 29.7 Å². The molecular weight excluding hydrogens is 328 g/mol. The maximum Gasteiger partial charge on any atom is 0.136 e. The summed E-state index contributed by atoms with van der Waals surface area (Å²) in [5.74, 6) is 2.34. The first-order valence-corrected chi connectivity index (χ1v) is 7.07. The van der Waals surface area contributed by atoms with Crippen molar-refractivity contribution < 1.29 is 0 Å². The van der Waals surface area contributed by atoms with E-state index < -0.39 is 0 Å². The Morgan fingerprint density at radius 3 is 2.58 bits per heavy atom. The van der Waals surface area contributed by atoms with Gasteiger partial charge in [0.15, 0.2) is 0 Å². The maximum absolute atomic E-state index is 5.97. The lowest BCUT2D eigenvalue weighted by molar-refractivity contribution is 0.945. The molecular formula is C13H14BrClN4. The molecule has 0 bridgehead atoms. The fraction of sp³-hybridized carbons (Fsp3) is 0.231. The summed E-state index contributed by atoms with van der Waals surface area (Å²) in [5, 5.41) is 6.95. The van der Waals surface area contributed by atoms with Gasteiger partial charge in [-0.1, -0.05) is 18.5 Å². The molecule has 2 N–H and O–H groups in total. The molecule has 0 aliphatic heterocycles. The average Bonchev–Trinajstić information content (AvgIpc) is 2.42. The third-order valence-electron chi connectivity index (χ3n) is 2.54. The molecule has 2 aromatic rings. The highest BCUT2D eigenvalue weighted by Crippen LogP contribution is 2.27. The Bertz CT molecular complexity index is 567. The minimum Gasteiger partial charge on any atom is -0.373 e. The minimum atomic E-state index is 0.679. The number of hydrogen-bond acceptors (Lipinski definition) is 4. The Balaban J connectivity index is 2.29. The van der Waals surface area contributed by atoms with Crippen LogP contribution in [0.4, 0.5) is 17.3 Å². The van der Waals surface area contributed by atoms with E-state index in [4.69, 9.17) is 11.6 Å². The van der Waals surface area contributed by atoms with Gasteiger partial charge in [-0.05, 0) is 34.1 Å². The smallest absolute Gasteiger partial charge is 0.136 e. The largest absolute Gasteiger partial charge is 0.373 e. The molecule has 1 aromatic carbocycles. The monoisotopic (exact) mass is 340 g/mol. The van der Waals surface area contributed by atoms with Crippen molar-refractivity contribution in [1.82, 2.24) is 9.97 Å². The van der Waals surface area contributed by atoms with Gasteiger partial charge in [-0.25, -0.2) is 9.97 Å². The number of halogens is 2. The zero-order valence-corrected chi connectivity index (χ0v) is 13.0. The molecule has 0 atom stereocenters. The van der Waals surface area contributed by atoms with Crippen LogP contribution in [-0.2, 0) is 6.42 Å². The molecule has 4 nitrogen and oxygen atoms in total. The number of nitrogens with zero attached hydrogens (tertiary/aromatic N) is 2. The van der Waals surface area contributed by atoms with Gasteiger partial charge in [0.05, 0.1) is 5.02 Å². The summed E-state index contributed by atoms with van der Waals surface area (Å²) in [7, 11) is 1.84. The predicted molar refractivity (Wildman–Crippen MR) is 83.4 cm³/mol. The lowest BCUT2D eigenvalue weighted by atomic mass is 10.3. The van der Waals surface area contributed by atoms with Crippen LogP contribution in [0.5, 0.6) is 0 Å². The van der Waals surface area contributed by atoms with Crippen LogP contribution in [0.25, 0.3) is 0 Å². The molecule has 0 fully saturated rings. The highest BCUT2D eigenvalue weighted by Gasteiger charge is 2.04. The van der Waals surface area contributed by atoms with Crippen LogP contribution in [0.15, 0.2) is 28.7 Å². The van der Waals surface area contributed by atoms with Gasteiger partial charge in [-0.2, -0.15) is 0 Å². The Morgan fingerprint density at radius 1 is 1.21 bits per heavy atom. The molecule has 0 aliphatic carbocycles. The molecule has 0 unspecified atom stereocenters. The van der Waals surface area contributed by atoms with E-state index >= 15 is 0 Å². The third-order valence-corrected chi connectivity index (χ3v) is 3.75. The summed E-state index contributed by atoms with van der Waals surface area (Å²) < 4.78 is 0.845. The van der Waals surface area contributed by atoms with Crippen LogP contribution in [0.3, 0.4) is 0 Å². The zero-order chi connectivity index (χ0) is 13.8. The molecule has 0 saturated carbocycles. The van der Waals surface area contributed by atoms with Crippen LogP contribution in [0, 0.1) is 0 Å². The number of nitrogens with one attached hydrogen (secondary N) is 2. The van der Waals surface area contributed by atoms with Crippen LogP contribution < -0.4 is 10.6 Å². The van der Waals surface area contributed by atoms with Gasteiger partial charge >= 0.3 is 0 Å². The highest BCUT2D eigenvalue weighted by atomic mass is 79.9. The van der Waals surface area contributed by atoms with Crippen molar-refractivity contribution in [3.63, 3.8) is 0 Å². The first-order chi connectivity index (χ1) is 9.12. The van der Waals surface area contributed by atoms with E-state index in [1.807, 2.05) is 38.2 Å². The molecule has 0 radical (unpaired) electrons. The quantitative estimate of drug-likeness (QED) is 0.873. The van der Waals surface area contributed by atoms with Crippen LogP contribution in [0.2, 0.25) is 5.02 Å². The van der Waals surface area contributed by atoms with Crippen molar-refractivity contribution >= 4 is 44.9 Å². The Kier molecular flexibility index (Phi) is 4.61. The second kappa shape index (κ2) is 6.21. The topological polar surface area (TPSA) is 49.8 Å². The van der Waals surface area contributed by atoms with Crippen molar-refractivity contribution in [1.29, 1.82) is 0 Å². The van der Waals surface area contributed by atoms with Crippen molar-refractivity contribution in [3.8, 4) is 0 Å². The molecule has 1 heterocycles. The second-order valence-electron chi connectivity index (χ2n) is 3.91. The van der Waals surface area contributed by atoms with Crippen LogP contribution in [0.1, 0.15) is 12.7 Å². The second-order valence-corrected chi connectivity index (χ2v) is 5.17. The van der Waals surface area contributed by atoms with E-state index in [1.54, 1.807) is 0 Å². The third kappa shape index (κ3) is 3.58. The van der Waals surface area contributed by atoms with E-state index in [2.05, 4.69) is 36.5 Å². The maximum atomic E-state index is 5.97. The van der Waals surface area contributed by atoms with Gasteiger partial charge in [-0.15, -0.1) is 0 Å². The molecule has 1 aromatic heterocycles. The molecule has 100 valence electrons. The lowest BCUT2D eigenvalue weighted by Crippen LogP contribution is -2.03. The first-order valence-electron chi connectivity index (χ1n) is 5.90. The molecule has 0 saturated heterocycles. The minimum absolute atomic E-state index is 0.679. The summed E-state index contributed by atoms with van der Waals surface area (Å²) in [5.41, 5.74) is 0.916. The summed E-state index contributed by atoms with van der Waals surface area (Å²) in [6.45, 7) is 2.03. The summed E-state index contributed by atoms with van der Waals surface area (Å²) in [6, 6.07) is 7.51. The fourth-order valence-corrected chi connectivity index (χ4v) is 2.07. The summed E-state index contributed by atoms with van der Waals surface area (Å²) in [4.78, 5) is 8.79. The average molecular weight is 342 g/mol. The molecule has 2 rings (SSSR count). The van der Waals surface area contributed by atoms with Crippen molar-refractivity contribution in [2.75, 3.05) is 17.7 Å². The molecule has 0 aliphatic rings. The normalized spacial score (nSPS) is 10.3. The van der Waals surface area contributed by atoms with E-state index in [1.165, 1.54) is 0 Å². The summed E-state index contributed by atoms with van der Waals surface area (Å²) >= 11 is 9.37. The standard InChI is InChI=1S/C13H14BrClN4/c1-3-11-18-12(16-2)7-13(19-11)17-8-4-5-10(15)9(14)6-8/h4-7H,3H2,1-2H3,(H2,16,17,18,19). The van der Waals surface area contributed by atoms with Gasteiger partial charge in [-0.3, -0.25) is 0 Å². The molecule has 6 heteroatoms. The number of anilines is 3. The van der Waals surface area contributed by atoms with Crippen LogP contribution >= 0.6 is 27.5 Å². The zero-order valence-electron chi connectivity index (χ0n) is 10.7. The fourth-order valence-electron chi connectivity index (χ4n) is 1.57. The Morgan fingerprint density at radius 2 is 1.95 bits per heavy atom. The number of rotatable bonds is 4. The van der Waals surface area contributed by atoms with Crippen molar-refractivity contribution in [2.24, 2.45) is 0 Å². The van der Waals surface area contributed by atoms with Gasteiger partial charge in [0.25, 0.3) is 0 Å². The number of hydrogen-bond donors (Lipinski definition) is 2. The van der Waals surface area contributed by atoms with E-state index in [9.17, 15) is 0 Å². The number of aromatic nitrogens is 2. The van der Waals surface area contributed by atoms with Gasteiger partial charge in [0.1, 0.15) is 17.5 Å². The first kappa shape index (κ1) is 14.1. The number of aryl methyl sites for hydroxylation is 1. The van der Waals surface area contributed by atoms with E-state index in [-0.39, 0.29) is 0 Å². The van der Waals surface area contributed by atoms with Crippen molar-refractivity contribution in [3.05, 3.63) is 39.6 Å². The van der Waals surface area contributed by atoms with Crippen molar-refractivity contribution in [2.45, 2.75) is 13.3 Å². The van der Waals surface area contributed by atoms with E-state index in [0.29, 0.717) is 5.02 Å². The Labute approximate surface area is 125 Å². The lowest BCUT2D eigenvalue weighted by Gasteiger charge is -2.10. The molecule has 0 amide bonds. The number of benzene rings is 1. The van der Waals surface area contributed by atoms with Gasteiger partial charge in [0.2, 0.25) is 0 Å². The van der Waals surface area contributed by atoms with Gasteiger partial charge < -0.3 is 10.6 Å². The van der Waals surface area contributed by atoms with E-state index in [0.717, 1.165) is 34.0 Å². The predicted octanol–water partition coefficient (Wildman–Crippen LogP) is 4.24. The SMILES string of the molecule is CCc1nc(NC)cc(Nc2ccc(Cl)c(Br)c2)n1.